The molecule has 5 heteroatoms. The van der Waals surface area contributed by atoms with Crippen LogP contribution in [0.4, 0.5) is 0 Å². The van der Waals surface area contributed by atoms with Gasteiger partial charge in [-0.05, 0) is 45.6 Å². The number of hydrogen-bond donors (Lipinski definition) is 1. The number of nitrogens with two attached hydrogens (primary N) is 1. The Bertz CT molecular complexity index is 446. The molecule has 5 nitrogen and oxygen atoms in total. The quantitative estimate of drug-likeness (QED) is 0.899. The Morgan fingerprint density at radius 2 is 2.11 bits per heavy atom. The summed E-state index contributed by atoms with van der Waals surface area (Å²) in [6, 6.07) is 2.50. The minimum Gasteiger partial charge on any atom is -0.335 e. The van der Waals surface area contributed by atoms with Gasteiger partial charge in [-0.3, -0.25) is 9.48 Å². The first-order valence-corrected chi connectivity index (χ1v) is 7.10. The number of nitrogens with zero attached hydrogens (tertiary/aromatic N) is 3. The minimum atomic E-state index is 0.0890. The molecule has 0 spiro atoms. The highest BCUT2D eigenvalue weighted by Crippen LogP contribution is 2.23. The van der Waals surface area contributed by atoms with Gasteiger partial charge in [-0.1, -0.05) is 0 Å². The van der Waals surface area contributed by atoms with Crippen LogP contribution in [0, 0.1) is 6.92 Å². The van der Waals surface area contributed by atoms with E-state index < -0.39 is 0 Å². The third kappa shape index (κ3) is 2.97. The van der Waals surface area contributed by atoms with E-state index in [9.17, 15) is 4.79 Å². The predicted molar refractivity (Wildman–Crippen MR) is 74.9 cm³/mol. The number of aromatic nitrogens is 2. The van der Waals surface area contributed by atoms with Gasteiger partial charge in [0.1, 0.15) is 5.69 Å². The molecule has 2 N–H and O–H groups in total. The van der Waals surface area contributed by atoms with E-state index in [1.165, 1.54) is 0 Å². The Labute approximate surface area is 114 Å². The Hall–Kier alpha value is -1.36. The van der Waals surface area contributed by atoms with Crippen LogP contribution < -0.4 is 5.73 Å². The molecule has 1 aromatic heterocycles. The van der Waals surface area contributed by atoms with E-state index in [0.29, 0.717) is 17.8 Å². The monoisotopic (exact) mass is 264 g/mol. The van der Waals surface area contributed by atoms with Crippen molar-refractivity contribution in [3.05, 3.63) is 17.5 Å². The Morgan fingerprint density at radius 3 is 2.58 bits per heavy atom. The molecule has 1 aromatic rings. The number of carbonyl (C=O) groups is 1. The SMILES string of the molecule is CCN(C(=O)c1cc(C)nn1C)C1CCC(N)CC1. The Kier molecular flexibility index (Phi) is 4.24. The van der Waals surface area contributed by atoms with E-state index in [1.54, 1.807) is 4.68 Å². The minimum absolute atomic E-state index is 0.0890. The molecule has 0 aliphatic heterocycles. The van der Waals surface area contributed by atoms with Crippen molar-refractivity contribution < 1.29 is 4.79 Å². The first-order chi connectivity index (χ1) is 9.02. The van der Waals surface area contributed by atoms with E-state index in [2.05, 4.69) is 5.10 Å². The highest BCUT2D eigenvalue weighted by Gasteiger charge is 2.28. The summed E-state index contributed by atoms with van der Waals surface area (Å²) in [7, 11) is 1.82. The predicted octanol–water partition coefficient (Wildman–Crippen LogP) is 1.46. The van der Waals surface area contributed by atoms with Crippen molar-refractivity contribution >= 4 is 5.91 Å². The van der Waals surface area contributed by atoms with Crippen molar-refractivity contribution in [2.45, 2.75) is 51.6 Å². The van der Waals surface area contributed by atoms with Crippen molar-refractivity contribution in [2.75, 3.05) is 6.54 Å². The van der Waals surface area contributed by atoms with Crippen molar-refractivity contribution in [1.29, 1.82) is 0 Å². The lowest BCUT2D eigenvalue weighted by atomic mass is 9.90. The summed E-state index contributed by atoms with van der Waals surface area (Å²) in [5.41, 5.74) is 7.49. The van der Waals surface area contributed by atoms with Gasteiger partial charge in [0.25, 0.3) is 5.91 Å². The van der Waals surface area contributed by atoms with E-state index in [4.69, 9.17) is 5.73 Å². The van der Waals surface area contributed by atoms with Crippen LogP contribution in [0.1, 0.15) is 48.8 Å². The maximum atomic E-state index is 12.6. The average molecular weight is 264 g/mol. The number of carbonyl (C=O) groups excluding carboxylic acids is 1. The normalized spacial score (nSPS) is 23.4. The maximum absolute atomic E-state index is 12.6. The lowest BCUT2D eigenvalue weighted by Crippen LogP contribution is -2.44. The zero-order valence-corrected chi connectivity index (χ0v) is 12.1. The Balaban J connectivity index is 2.13. The van der Waals surface area contributed by atoms with Crippen LogP contribution in [-0.4, -0.2) is 39.2 Å². The first kappa shape index (κ1) is 14.1. The van der Waals surface area contributed by atoms with Gasteiger partial charge >= 0.3 is 0 Å². The number of aryl methyl sites for hydroxylation is 2. The molecular formula is C14H24N4O. The maximum Gasteiger partial charge on any atom is 0.272 e. The van der Waals surface area contributed by atoms with Crippen LogP contribution in [-0.2, 0) is 7.05 Å². The van der Waals surface area contributed by atoms with Gasteiger partial charge in [0, 0.05) is 25.7 Å². The van der Waals surface area contributed by atoms with Gasteiger partial charge in [-0.2, -0.15) is 5.10 Å². The summed E-state index contributed by atoms with van der Waals surface area (Å²) in [6.45, 7) is 4.69. The van der Waals surface area contributed by atoms with E-state index >= 15 is 0 Å². The van der Waals surface area contributed by atoms with Gasteiger partial charge in [0.15, 0.2) is 0 Å². The molecule has 1 saturated carbocycles. The molecule has 0 aromatic carbocycles. The van der Waals surface area contributed by atoms with Crippen LogP contribution in [0.5, 0.6) is 0 Å². The molecule has 1 fully saturated rings. The molecule has 0 radical (unpaired) electrons. The fourth-order valence-corrected chi connectivity index (χ4v) is 2.94. The van der Waals surface area contributed by atoms with Crippen LogP contribution in [0.25, 0.3) is 0 Å². The van der Waals surface area contributed by atoms with Gasteiger partial charge < -0.3 is 10.6 Å². The molecule has 1 amide bonds. The van der Waals surface area contributed by atoms with Crippen LogP contribution in [0.3, 0.4) is 0 Å². The molecule has 1 aliphatic carbocycles. The summed E-state index contributed by atoms with van der Waals surface area (Å²) in [5.74, 6) is 0.0890. The number of amides is 1. The summed E-state index contributed by atoms with van der Waals surface area (Å²) in [5, 5.41) is 4.26. The molecule has 0 bridgehead atoms. The summed E-state index contributed by atoms with van der Waals surface area (Å²) in [6.07, 6.45) is 4.05. The number of rotatable bonds is 3. The number of hydrogen-bond acceptors (Lipinski definition) is 3. The molecule has 19 heavy (non-hydrogen) atoms. The van der Waals surface area contributed by atoms with E-state index in [1.807, 2.05) is 31.9 Å². The second kappa shape index (κ2) is 5.74. The smallest absolute Gasteiger partial charge is 0.272 e. The van der Waals surface area contributed by atoms with E-state index in [-0.39, 0.29) is 5.91 Å². The fraction of sp³-hybridized carbons (Fsp3) is 0.714. The second-order valence-electron chi connectivity index (χ2n) is 5.45. The Morgan fingerprint density at radius 1 is 1.47 bits per heavy atom. The third-order valence-corrected chi connectivity index (χ3v) is 4.00. The van der Waals surface area contributed by atoms with Gasteiger partial charge in [0.05, 0.1) is 5.69 Å². The molecular weight excluding hydrogens is 240 g/mol. The van der Waals surface area contributed by atoms with Crippen LogP contribution >= 0.6 is 0 Å². The molecule has 1 aliphatic rings. The highest BCUT2D eigenvalue weighted by atomic mass is 16.2. The zero-order valence-electron chi connectivity index (χ0n) is 12.1. The third-order valence-electron chi connectivity index (χ3n) is 4.00. The molecule has 0 unspecified atom stereocenters. The van der Waals surface area contributed by atoms with Crippen molar-refractivity contribution in [2.24, 2.45) is 12.8 Å². The summed E-state index contributed by atoms with van der Waals surface area (Å²) >= 11 is 0. The first-order valence-electron chi connectivity index (χ1n) is 7.10. The topological polar surface area (TPSA) is 64.2 Å². The van der Waals surface area contributed by atoms with Gasteiger partial charge in [-0.25, -0.2) is 0 Å². The van der Waals surface area contributed by atoms with Crippen molar-refractivity contribution in [3.8, 4) is 0 Å². The van der Waals surface area contributed by atoms with Crippen LogP contribution in [0.15, 0.2) is 6.07 Å². The highest BCUT2D eigenvalue weighted by molar-refractivity contribution is 5.92. The molecule has 1 heterocycles. The van der Waals surface area contributed by atoms with E-state index in [0.717, 1.165) is 37.9 Å². The average Bonchev–Trinajstić information content (AvgIpc) is 2.71. The lowest BCUT2D eigenvalue weighted by Gasteiger charge is -2.35. The van der Waals surface area contributed by atoms with Crippen molar-refractivity contribution in [1.82, 2.24) is 14.7 Å². The molecule has 106 valence electrons. The van der Waals surface area contributed by atoms with Gasteiger partial charge in [-0.15, -0.1) is 0 Å². The fourth-order valence-electron chi connectivity index (χ4n) is 2.94. The molecule has 2 rings (SSSR count). The standard InChI is InChI=1S/C14H24N4O/c1-4-18(12-7-5-11(15)6-8-12)14(19)13-9-10(2)16-17(13)3/h9,11-12H,4-8,15H2,1-3H3. The summed E-state index contributed by atoms with van der Waals surface area (Å²) in [4.78, 5) is 14.6. The largest absolute Gasteiger partial charge is 0.335 e. The van der Waals surface area contributed by atoms with Gasteiger partial charge in [0.2, 0.25) is 0 Å². The second-order valence-corrected chi connectivity index (χ2v) is 5.45. The summed E-state index contributed by atoms with van der Waals surface area (Å²) < 4.78 is 1.68. The van der Waals surface area contributed by atoms with Crippen LogP contribution in [0.2, 0.25) is 0 Å². The lowest BCUT2D eigenvalue weighted by molar-refractivity contribution is 0.0629. The molecule has 0 saturated heterocycles. The molecule has 0 atom stereocenters. The van der Waals surface area contributed by atoms with Crippen molar-refractivity contribution in [3.63, 3.8) is 0 Å². The zero-order chi connectivity index (χ0) is 14.0.